The molecular formula is C27H26N2O7. The minimum absolute atomic E-state index is 0.0348. The minimum Gasteiger partial charge on any atom is -0.480 e. The van der Waals surface area contributed by atoms with Crippen LogP contribution >= 0.6 is 0 Å². The molecule has 186 valence electrons. The van der Waals surface area contributed by atoms with E-state index < -0.39 is 36.7 Å². The van der Waals surface area contributed by atoms with Crippen LogP contribution in [0, 0.1) is 0 Å². The number of nitrogens with one attached hydrogen (secondary N) is 2. The lowest BCUT2D eigenvalue weighted by atomic mass is 9.99. The molecule has 0 spiro atoms. The molecule has 0 fully saturated rings. The van der Waals surface area contributed by atoms with Gasteiger partial charge >= 0.3 is 12.1 Å². The molecule has 0 aromatic heterocycles. The first kappa shape index (κ1) is 26.1. The molecule has 3 aromatic rings. The maximum absolute atomic E-state index is 12.5. The molecule has 0 aliphatic heterocycles. The van der Waals surface area contributed by atoms with E-state index in [2.05, 4.69) is 10.6 Å². The molecule has 0 saturated carbocycles. The van der Waals surface area contributed by atoms with Gasteiger partial charge in [-0.1, -0.05) is 84.9 Å². The fourth-order valence-electron chi connectivity index (χ4n) is 3.36. The summed E-state index contributed by atoms with van der Waals surface area (Å²) >= 11 is 0. The highest BCUT2D eigenvalue weighted by Crippen LogP contribution is 2.13. The van der Waals surface area contributed by atoms with Crippen molar-refractivity contribution in [3.05, 3.63) is 107 Å². The van der Waals surface area contributed by atoms with Gasteiger partial charge in [-0.3, -0.25) is 9.59 Å². The second-order valence-electron chi connectivity index (χ2n) is 7.94. The summed E-state index contributed by atoms with van der Waals surface area (Å²) in [5, 5.41) is 23.7. The summed E-state index contributed by atoms with van der Waals surface area (Å²) in [6, 6.07) is 21.3. The summed E-state index contributed by atoms with van der Waals surface area (Å²) in [5.41, 5.74) is 2.29. The molecular weight excluding hydrogens is 464 g/mol. The van der Waals surface area contributed by atoms with E-state index in [-0.39, 0.29) is 18.8 Å². The first-order valence-electron chi connectivity index (χ1n) is 11.2. The number of aliphatic carboxylic acids is 1. The van der Waals surface area contributed by atoms with Gasteiger partial charge in [0.05, 0.1) is 6.61 Å². The lowest BCUT2D eigenvalue weighted by Gasteiger charge is -2.20. The second kappa shape index (κ2) is 12.8. The van der Waals surface area contributed by atoms with Gasteiger partial charge in [0.1, 0.15) is 18.7 Å². The van der Waals surface area contributed by atoms with E-state index in [4.69, 9.17) is 4.74 Å². The number of alkyl carbamates (subject to hydrolysis) is 1. The van der Waals surface area contributed by atoms with Crippen LogP contribution in [-0.4, -0.2) is 52.7 Å². The number of ketones is 1. The largest absolute Gasteiger partial charge is 0.480 e. The fraction of sp³-hybridized carbons (Fsp3) is 0.185. The van der Waals surface area contributed by atoms with Crippen LogP contribution in [-0.2, 0) is 27.4 Å². The summed E-state index contributed by atoms with van der Waals surface area (Å²) in [7, 11) is 0. The molecule has 0 saturated heterocycles. The lowest BCUT2D eigenvalue weighted by Crippen LogP contribution is -2.53. The average Bonchev–Trinajstić information content (AvgIpc) is 2.91. The van der Waals surface area contributed by atoms with Crippen molar-refractivity contribution >= 4 is 23.8 Å². The predicted molar refractivity (Wildman–Crippen MR) is 130 cm³/mol. The van der Waals surface area contributed by atoms with Crippen molar-refractivity contribution < 1.29 is 34.1 Å². The van der Waals surface area contributed by atoms with Crippen LogP contribution in [0.25, 0.3) is 0 Å². The highest BCUT2D eigenvalue weighted by atomic mass is 16.5. The number of amides is 2. The Kier molecular flexibility index (Phi) is 9.30. The normalized spacial score (nSPS) is 12.1. The van der Waals surface area contributed by atoms with Crippen molar-refractivity contribution in [2.75, 3.05) is 6.61 Å². The van der Waals surface area contributed by atoms with Gasteiger partial charge in [0.25, 0.3) is 0 Å². The Morgan fingerprint density at radius 2 is 1.31 bits per heavy atom. The highest BCUT2D eigenvalue weighted by Gasteiger charge is 2.27. The Labute approximate surface area is 207 Å². The van der Waals surface area contributed by atoms with Gasteiger partial charge in [-0.2, -0.15) is 0 Å². The summed E-state index contributed by atoms with van der Waals surface area (Å²) in [6.45, 7) is -0.790. The Morgan fingerprint density at radius 3 is 1.89 bits per heavy atom. The molecule has 0 bridgehead atoms. The van der Waals surface area contributed by atoms with Crippen molar-refractivity contribution in [3.63, 3.8) is 0 Å². The number of aliphatic hydroxyl groups excluding tert-OH is 1. The van der Waals surface area contributed by atoms with Gasteiger partial charge in [0.15, 0.2) is 5.78 Å². The van der Waals surface area contributed by atoms with E-state index in [0.29, 0.717) is 16.7 Å². The fourth-order valence-corrected chi connectivity index (χ4v) is 3.36. The molecule has 9 heteroatoms. The second-order valence-corrected chi connectivity index (χ2v) is 7.94. The van der Waals surface area contributed by atoms with Crippen LogP contribution in [0.15, 0.2) is 84.9 Å². The van der Waals surface area contributed by atoms with Crippen LogP contribution < -0.4 is 10.6 Å². The summed E-state index contributed by atoms with van der Waals surface area (Å²) in [6.07, 6.45) is -1.00. The van der Waals surface area contributed by atoms with E-state index in [1.807, 2.05) is 12.1 Å². The van der Waals surface area contributed by atoms with Gasteiger partial charge < -0.3 is 25.6 Å². The number of hydrogen-bond acceptors (Lipinski definition) is 6. The molecule has 2 amide bonds. The van der Waals surface area contributed by atoms with Crippen LogP contribution in [0.4, 0.5) is 4.79 Å². The van der Waals surface area contributed by atoms with Crippen molar-refractivity contribution in [3.8, 4) is 0 Å². The highest BCUT2D eigenvalue weighted by molar-refractivity contribution is 6.08. The molecule has 0 aliphatic carbocycles. The lowest BCUT2D eigenvalue weighted by molar-refractivity contribution is -0.142. The number of carbonyl (C=O) groups is 4. The topological polar surface area (TPSA) is 142 Å². The van der Waals surface area contributed by atoms with Crippen LogP contribution in [0.3, 0.4) is 0 Å². The zero-order chi connectivity index (χ0) is 25.9. The molecule has 3 rings (SSSR count). The Morgan fingerprint density at radius 1 is 0.722 bits per heavy atom. The monoisotopic (exact) mass is 490 g/mol. The number of rotatable bonds is 11. The van der Waals surface area contributed by atoms with Gasteiger partial charge in [-0.05, 0) is 11.1 Å². The van der Waals surface area contributed by atoms with Gasteiger partial charge in [0, 0.05) is 17.5 Å². The number of ether oxygens (including phenoxy) is 1. The number of aliphatic hydroxyl groups is 1. The summed E-state index contributed by atoms with van der Waals surface area (Å²) in [5.74, 6) is -2.34. The van der Waals surface area contributed by atoms with Crippen LogP contribution in [0.1, 0.15) is 27.0 Å². The van der Waals surface area contributed by atoms with E-state index in [1.165, 1.54) is 0 Å². The molecule has 9 nitrogen and oxygen atoms in total. The third kappa shape index (κ3) is 7.51. The summed E-state index contributed by atoms with van der Waals surface area (Å²) < 4.78 is 5.04. The van der Waals surface area contributed by atoms with Crippen molar-refractivity contribution in [1.29, 1.82) is 0 Å². The van der Waals surface area contributed by atoms with Gasteiger partial charge in [-0.15, -0.1) is 0 Å². The molecule has 0 unspecified atom stereocenters. The first-order chi connectivity index (χ1) is 17.4. The van der Waals surface area contributed by atoms with E-state index in [9.17, 15) is 29.4 Å². The van der Waals surface area contributed by atoms with E-state index in [0.717, 1.165) is 5.56 Å². The van der Waals surface area contributed by atoms with E-state index in [1.54, 1.807) is 72.8 Å². The molecule has 3 aromatic carbocycles. The van der Waals surface area contributed by atoms with Gasteiger partial charge in [0.2, 0.25) is 5.91 Å². The maximum atomic E-state index is 12.5. The van der Waals surface area contributed by atoms with Crippen molar-refractivity contribution in [1.82, 2.24) is 10.6 Å². The zero-order valence-corrected chi connectivity index (χ0v) is 19.3. The van der Waals surface area contributed by atoms with Crippen molar-refractivity contribution in [2.24, 2.45) is 0 Å². The van der Waals surface area contributed by atoms with Gasteiger partial charge in [-0.25, -0.2) is 9.59 Å². The number of carboxylic acid groups (broad SMARTS) is 1. The quantitative estimate of drug-likeness (QED) is 0.302. The minimum atomic E-state index is -1.40. The first-order valence-corrected chi connectivity index (χ1v) is 11.2. The molecule has 0 heterocycles. The molecule has 4 N–H and O–H groups in total. The number of carbonyl (C=O) groups excluding carboxylic acids is 3. The van der Waals surface area contributed by atoms with Crippen molar-refractivity contribution in [2.45, 2.75) is 25.1 Å². The Balaban J connectivity index is 1.57. The third-order valence-corrected chi connectivity index (χ3v) is 5.31. The van der Waals surface area contributed by atoms with E-state index >= 15 is 0 Å². The number of benzene rings is 3. The zero-order valence-electron chi connectivity index (χ0n) is 19.3. The Bertz CT molecular complexity index is 1180. The average molecular weight is 491 g/mol. The predicted octanol–water partition coefficient (Wildman–Crippen LogP) is 2.32. The smallest absolute Gasteiger partial charge is 0.408 e. The number of carboxylic acids is 1. The molecule has 36 heavy (non-hydrogen) atoms. The maximum Gasteiger partial charge on any atom is 0.408 e. The summed E-state index contributed by atoms with van der Waals surface area (Å²) in [4.78, 5) is 48.8. The molecule has 0 radical (unpaired) electrons. The standard InChI is InChI=1S/C27H26N2O7/c30-16-23(29-27(35)36-17-19-7-3-1-4-8-19)25(32)28-22(26(33)34)15-18-11-13-21(14-12-18)24(31)20-9-5-2-6-10-20/h1-14,22-23,30H,15-17H2,(H,28,32)(H,29,35)(H,33,34)/t22-,23-/m0/s1. The van der Waals surface area contributed by atoms with Crippen LogP contribution in [0.5, 0.6) is 0 Å². The SMILES string of the molecule is O=C(N[C@@H](CO)C(=O)N[C@@H](Cc1ccc(C(=O)c2ccccc2)cc1)C(=O)O)OCc1ccccc1. The Hall–Kier alpha value is -4.50. The number of hydrogen-bond donors (Lipinski definition) is 4. The molecule has 0 aliphatic rings. The molecule has 2 atom stereocenters. The third-order valence-electron chi connectivity index (χ3n) is 5.31. The van der Waals surface area contributed by atoms with Crippen LogP contribution in [0.2, 0.25) is 0 Å².